The van der Waals surface area contributed by atoms with Gasteiger partial charge in [0, 0.05) is 0 Å². The van der Waals surface area contributed by atoms with Crippen LogP contribution in [0.15, 0.2) is 0 Å². The van der Waals surface area contributed by atoms with Crippen molar-refractivity contribution in [1.82, 2.24) is 0 Å². The van der Waals surface area contributed by atoms with Crippen molar-refractivity contribution in [2.75, 3.05) is 0 Å². The summed E-state index contributed by atoms with van der Waals surface area (Å²) in [5.41, 5.74) is 0. The fourth-order valence-electron chi connectivity index (χ4n) is 0. The summed E-state index contributed by atoms with van der Waals surface area (Å²) in [6.07, 6.45) is 0. The van der Waals surface area contributed by atoms with Crippen LogP contribution < -0.4 is 0 Å². The van der Waals surface area contributed by atoms with Crippen LogP contribution in [0, 0.1) is 6.57 Å². The molecule has 0 aliphatic carbocycles. The fourth-order valence-corrected chi connectivity index (χ4v) is 0. The molecular formula is C2H2NP. The first-order valence-electron chi connectivity index (χ1n) is 0.770. The van der Waals surface area contributed by atoms with Crippen LogP contribution in [-0.2, 0) is 0 Å². The molecule has 1 nitrogen and oxygen atoms in total. The summed E-state index contributed by atoms with van der Waals surface area (Å²) in [6.45, 7) is 5.97. The number of hydrogen-bond acceptors (Lipinski definition) is 0. The first-order chi connectivity index (χ1) is 1.91. The molecule has 0 N–H and O–H groups in total. The van der Waals surface area contributed by atoms with Crippen LogP contribution in [0.4, 0.5) is 0 Å². The van der Waals surface area contributed by atoms with Gasteiger partial charge in [-0.3, -0.25) is 0 Å². The minimum absolute atomic E-state index is 1.22. The molecule has 0 rings (SSSR count). The van der Waals surface area contributed by atoms with Crippen LogP contribution >= 0.6 is 8.86 Å². The van der Waals surface area contributed by atoms with E-state index in [2.05, 4.69) is 13.7 Å². The maximum Gasteiger partial charge on any atom is 0.171 e. The largest absolute Gasteiger partial charge is 0.242 e. The highest BCUT2D eigenvalue weighted by Gasteiger charge is 1.31. The second-order valence-corrected chi connectivity index (χ2v) is 0.516. The Bertz CT molecular complexity index is 51.5. The summed E-state index contributed by atoms with van der Waals surface area (Å²) in [6, 6.07) is 0. The molecule has 0 aromatic heterocycles. The molecule has 0 aromatic carbocycles. The second-order valence-electron chi connectivity index (χ2n) is 0.258. The van der Waals surface area contributed by atoms with Gasteiger partial charge in [-0.25, -0.2) is 4.85 Å². The Labute approximate surface area is 27.3 Å². The summed E-state index contributed by atoms with van der Waals surface area (Å²) in [4.78, 5) is 2.77. The van der Waals surface area contributed by atoms with Crippen molar-refractivity contribution < 1.29 is 0 Å². The summed E-state index contributed by atoms with van der Waals surface area (Å²) in [5, 5.41) is 0. The van der Waals surface area contributed by atoms with Crippen molar-refractivity contribution in [2.24, 2.45) is 0 Å². The molecule has 0 unspecified atom stereocenters. The molecule has 0 saturated carbocycles. The molecule has 20 valence electrons. The molecular weight excluding hydrogens is 69.0 g/mol. The van der Waals surface area contributed by atoms with Gasteiger partial charge in [-0.2, -0.15) is 0 Å². The maximum atomic E-state index is 5.97. The standard InChI is InChI=1S/C2H2NP/c1-3-2-4/h2,4H. The Morgan fingerprint density at radius 1 is 2.00 bits per heavy atom. The van der Waals surface area contributed by atoms with E-state index in [1.807, 2.05) is 0 Å². The maximum absolute atomic E-state index is 5.97. The van der Waals surface area contributed by atoms with E-state index in [1.165, 1.54) is 5.92 Å². The lowest BCUT2D eigenvalue weighted by Gasteiger charge is -1.36. The number of nitrogens with zero attached hydrogens (tertiary/aromatic N) is 1. The Balaban J connectivity index is 2.92. The fraction of sp³-hybridized carbons (Fsp3) is 0. The topological polar surface area (TPSA) is 4.36 Å². The lowest BCUT2D eigenvalue weighted by Crippen LogP contribution is -1.27. The van der Waals surface area contributed by atoms with E-state index in [0.717, 1.165) is 0 Å². The minimum atomic E-state index is 1.22. The third-order valence-electron chi connectivity index (χ3n) is 0.0645. The SMILES string of the molecule is [C-]#[N+]C=P. The minimum Gasteiger partial charge on any atom is -0.242 e. The third kappa shape index (κ3) is 1.66. The van der Waals surface area contributed by atoms with Gasteiger partial charge < -0.3 is 0 Å². The number of hydrogen-bond donors (Lipinski definition) is 0. The van der Waals surface area contributed by atoms with Gasteiger partial charge in [0.1, 0.15) is 0 Å². The Morgan fingerprint density at radius 3 is 2.25 bits per heavy atom. The van der Waals surface area contributed by atoms with Crippen LogP contribution in [0.25, 0.3) is 4.85 Å². The second kappa shape index (κ2) is 2.66. The quantitative estimate of drug-likeness (QED) is 0.294. The highest BCUT2D eigenvalue weighted by molar-refractivity contribution is 7.18. The van der Waals surface area contributed by atoms with E-state index >= 15 is 0 Å². The molecule has 0 aliphatic rings. The zero-order valence-corrected chi connectivity index (χ0v) is 3.02. The Kier molecular flexibility index (Phi) is 2.43. The summed E-state index contributed by atoms with van der Waals surface area (Å²) < 4.78 is 0. The molecule has 0 fully saturated rings. The van der Waals surface area contributed by atoms with E-state index in [9.17, 15) is 0 Å². The predicted octanol–water partition coefficient (Wildman–Crippen LogP) is 0.808. The molecule has 4 heavy (non-hydrogen) atoms. The van der Waals surface area contributed by atoms with Gasteiger partial charge in [-0.1, -0.05) is 0 Å². The van der Waals surface area contributed by atoms with Crippen molar-refractivity contribution in [3.63, 3.8) is 0 Å². The molecule has 2 heteroatoms. The predicted molar refractivity (Wildman–Crippen MR) is 21.0 cm³/mol. The smallest absolute Gasteiger partial charge is 0.171 e. The van der Waals surface area contributed by atoms with Crippen molar-refractivity contribution in [1.29, 1.82) is 0 Å². The van der Waals surface area contributed by atoms with Crippen molar-refractivity contribution in [2.45, 2.75) is 0 Å². The summed E-state index contributed by atoms with van der Waals surface area (Å²) >= 11 is 0. The van der Waals surface area contributed by atoms with Crippen LogP contribution in [0.5, 0.6) is 0 Å². The van der Waals surface area contributed by atoms with Crippen LogP contribution in [-0.4, -0.2) is 5.92 Å². The van der Waals surface area contributed by atoms with E-state index in [0.29, 0.717) is 0 Å². The van der Waals surface area contributed by atoms with E-state index in [-0.39, 0.29) is 0 Å². The summed E-state index contributed by atoms with van der Waals surface area (Å²) in [5.74, 6) is 1.22. The highest BCUT2D eigenvalue weighted by atomic mass is 31.0. The third-order valence-corrected chi connectivity index (χ3v) is 0.194. The van der Waals surface area contributed by atoms with Gasteiger partial charge >= 0.3 is 0 Å². The zero-order chi connectivity index (χ0) is 3.41. The van der Waals surface area contributed by atoms with Gasteiger partial charge in [-0.15, -0.1) is 8.86 Å². The average Bonchev–Trinajstić information content (AvgIpc) is 1.37. The molecule has 0 amide bonds. The van der Waals surface area contributed by atoms with Gasteiger partial charge in [0.05, 0.1) is 6.57 Å². The zero-order valence-electron chi connectivity index (χ0n) is 2.02. The molecule has 0 saturated heterocycles. The Morgan fingerprint density at radius 2 is 2.25 bits per heavy atom. The van der Waals surface area contributed by atoms with E-state index in [1.54, 1.807) is 0 Å². The molecule has 0 aromatic rings. The van der Waals surface area contributed by atoms with Gasteiger partial charge in [0.2, 0.25) is 0 Å². The molecule has 0 spiro atoms. The first-order valence-corrected chi connectivity index (χ1v) is 1.35. The van der Waals surface area contributed by atoms with Crippen LogP contribution in [0.1, 0.15) is 0 Å². The van der Waals surface area contributed by atoms with Crippen molar-refractivity contribution in [3.05, 3.63) is 11.4 Å². The van der Waals surface area contributed by atoms with Gasteiger partial charge in [0.15, 0.2) is 5.92 Å². The summed E-state index contributed by atoms with van der Waals surface area (Å²) in [7, 11) is 2.81. The van der Waals surface area contributed by atoms with Crippen molar-refractivity contribution >= 4 is 14.8 Å². The van der Waals surface area contributed by atoms with Crippen molar-refractivity contribution in [3.8, 4) is 0 Å². The molecule has 0 radical (unpaired) electrons. The van der Waals surface area contributed by atoms with Crippen LogP contribution in [0.2, 0.25) is 0 Å². The lowest BCUT2D eigenvalue weighted by molar-refractivity contribution is 2.50. The Hall–Kier alpha value is -0.340. The molecule has 0 atom stereocenters. The monoisotopic (exact) mass is 71.0 g/mol. The van der Waals surface area contributed by atoms with Gasteiger partial charge in [0.25, 0.3) is 0 Å². The molecule has 0 heterocycles. The lowest BCUT2D eigenvalue weighted by atomic mass is 11.5. The van der Waals surface area contributed by atoms with Gasteiger partial charge in [-0.05, 0) is 0 Å². The normalized spacial score (nSPS) is 3.75. The van der Waals surface area contributed by atoms with E-state index < -0.39 is 0 Å². The molecule has 0 aliphatic heterocycles. The molecule has 0 bridgehead atoms. The van der Waals surface area contributed by atoms with E-state index in [4.69, 9.17) is 6.57 Å². The number of rotatable bonds is 0. The highest BCUT2D eigenvalue weighted by Crippen LogP contribution is 1.51. The van der Waals surface area contributed by atoms with Crippen LogP contribution in [0.3, 0.4) is 0 Å². The average molecular weight is 71.0 g/mol. The first kappa shape index (κ1) is 3.66.